The molecule has 4 heteroatoms. The third-order valence-corrected chi connectivity index (χ3v) is 4.86. The molecular weight excluding hydrogens is 290 g/mol. The zero-order chi connectivity index (χ0) is 16.4. The number of cyclic esters (lactones) is 1. The maximum Gasteiger partial charge on any atom is 0.503 e. The summed E-state index contributed by atoms with van der Waals surface area (Å²) in [5, 5.41) is 3.48. The van der Waals surface area contributed by atoms with E-state index < -0.39 is 5.72 Å². The summed E-state index contributed by atoms with van der Waals surface area (Å²) in [6.07, 6.45) is 13.3. The highest BCUT2D eigenvalue weighted by Crippen LogP contribution is 2.35. The van der Waals surface area contributed by atoms with Gasteiger partial charge >= 0.3 is 5.97 Å². The number of carbonyl (C=O) groups excluding carboxylic acids is 1. The number of hydrogen-bond donors (Lipinski definition) is 1. The molecule has 0 aromatic heterocycles. The van der Waals surface area contributed by atoms with E-state index in [0.29, 0.717) is 6.42 Å². The molecule has 2 unspecified atom stereocenters. The predicted molar refractivity (Wildman–Crippen MR) is 91.5 cm³/mol. The summed E-state index contributed by atoms with van der Waals surface area (Å²) < 4.78 is 11.3. The molecule has 2 atom stereocenters. The topological polar surface area (TPSA) is 51.9 Å². The lowest BCUT2D eigenvalue weighted by Gasteiger charge is -2.24. The average molecular weight is 316 g/mol. The van der Waals surface area contributed by atoms with Crippen molar-refractivity contribution < 1.29 is 14.3 Å². The number of nitrogens with one attached hydrogen (secondary N) is 1. The van der Waals surface area contributed by atoms with Gasteiger partial charge in [0.15, 0.2) is 6.04 Å². The van der Waals surface area contributed by atoms with Crippen molar-refractivity contribution in [3.8, 4) is 0 Å². The van der Waals surface area contributed by atoms with E-state index in [-0.39, 0.29) is 12.0 Å². The Bertz CT molecular complexity index is 627. The Morgan fingerprint density at radius 3 is 2.87 bits per heavy atom. The van der Waals surface area contributed by atoms with Crippen LogP contribution in [0, 0.1) is 0 Å². The molecule has 0 aromatic carbocycles. The number of methoxy groups -OCH3 is 1. The molecule has 23 heavy (non-hydrogen) atoms. The van der Waals surface area contributed by atoms with Crippen molar-refractivity contribution in [3.05, 3.63) is 46.8 Å². The first-order chi connectivity index (χ1) is 11.0. The molecule has 2 aliphatic carbocycles. The van der Waals surface area contributed by atoms with Gasteiger partial charge in [-0.05, 0) is 49.8 Å². The van der Waals surface area contributed by atoms with Crippen molar-refractivity contribution in [3.63, 3.8) is 0 Å². The van der Waals surface area contributed by atoms with Crippen LogP contribution in [0.3, 0.4) is 0 Å². The summed E-state index contributed by atoms with van der Waals surface area (Å²) in [4.78, 5) is 10.3. The minimum Gasteiger partial charge on any atom is -0.497 e. The number of hydrogen-bond acceptors (Lipinski definition) is 3. The van der Waals surface area contributed by atoms with Crippen LogP contribution in [0.1, 0.15) is 46.0 Å². The van der Waals surface area contributed by atoms with Gasteiger partial charge in [-0.15, -0.1) is 0 Å². The van der Waals surface area contributed by atoms with Gasteiger partial charge in [0.2, 0.25) is 0 Å². The lowest BCUT2D eigenvalue weighted by molar-refractivity contribution is 0.109. The summed E-state index contributed by atoms with van der Waals surface area (Å²) >= 11 is 0. The van der Waals surface area contributed by atoms with Gasteiger partial charge in [-0.2, -0.15) is 0 Å². The van der Waals surface area contributed by atoms with Crippen molar-refractivity contribution in [1.29, 1.82) is 0 Å². The van der Waals surface area contributed by atoms with E-state index in [1.165, 1.54) is 11.1 Å². The van der Waals surface area contributed by atoms with Crippen LogP contribution in [-0.4, -0.2) is 29.6 Å². The van der Waals surface area contributed by atoms with E-state index in [4.69, 9.17) is 9.47 Å². The van der Waals surface area contributed by atoms with Crippen molar-refractivity contribution >= 4 is 5.97 Å². The fourth-order valence-electron chi connectivity index (χ4n) is 3.69. The molecule has 0 amide bonds. The van der Waals surface area contributed by atoms with Gasteiger partial charge in [-0.1, -0.05) is 18.2 Å². The Labute approximate surface area is 137 Å². The molecule has 3 aliphatic rings. The van der Waals surface area contributed by atoms with Gasteiger partial charge in [0.05, 0.1) is 7.11 Å². The van der Waals surface area contributed by atoms with Crippen molar-refractivity contribution in [2.75, 3.05) is 7.11 Å². The molecule has 3 rings (SSSR count). The second-order valence-corrected chi connectivity index (χ2v) is 6.57. The Morgan fingerprint density at radius 1 is 1.35 bits per heavy atom. The Hall–Kier alpha value is -1.81. The highest BCUT2D eigenvalue weighted by atomic mass is 16.6. The lowest BCUT2D eigenvalue weighted by Crippen LogP contribution is -2.44. The van der Waals surface area contributed by atoms with Crippen LogP contribution in [-0.2, 0) is 9.47 Å². The Balaban J connectivity index is 1.78. The van der Waals surface area contributed by atoms with Crippen molar-refractivity contribution in [2.45, 2.75) is 57.7 Å². The Morgan fingerprint density at radius 2 is 2.13 bits per heavy atom. The summed E-state index contributed by atoms with van der Waals surface area (Å²) in [5.41, 5.74) is 2.91. The van der Waals surface area contributed by atoms with Crippen LogP contribution in [0.4, 0.5) is 0 Å². The summed E-state index contributed by atoms with van der Waals surface area (Å²) in [6.45, 7) is 4.09. The predicted octanol–water partition coefficient (Wildman–Crippen LogP) is 3.50. The van der Waals surface area contributed by atoms with Crippen LogP contribution in [0.15, 0.2) is 46.8 Å². The van der Waals surface area contributed by atoms with Crippen LogP contribution in [0.25, 0.3) is 0 Å². The molecule has 1 aliphatic heterocycles. The monoisotopic (exact) mass is 316 g/mol. The molecule has 1 saturated heterocycles. The number of allylic oxidation sites excluding steroid dienone is 4. The Kier molecular flexibility index (Phi) is 4.44. The average Bonchev–Trinajstić information content (AvgIpc) is 2.83. The maximum atomic E-state index is 10.3. The smallest absolute Gasteiger partial charge is 0.497 e. The van der Waals surface area contributed by atoms with Gasteiger partial charge in [-0.3, -0.25) is 4.74 Å². The number of esters is 1. The van der Waals surface area contributed by atoms with Crippen LogP contribution >= 0.6 is 0 Å². The van der Waals surface area contributed by atoms with Crippen molar-refractivity contribution in [2.24, 2.45) is 0 Å². The lowest BCUT2D eigenvalue weighted by atomic mass is 9.91. The normalized spacial score (nSPS) is 30.9. The van der Waals surface area contributed by atoms with Crippen molar-refractivity contribution in [1.82, 2.24) is 5.32 Å². The fraction of sp³-hybridized carbons (Fsp3) is 0.526. The summed E-state index contributed by atoms with van der Waals surface area (Å²) in [7, 11) is 1.69. The van der Waals surface area contributed by atoms with Crippen LogP contribution < -0.4 is 5.32 Å². The van der Waals surface area contributed by atoms with Gasteiger partial charge in [0.1, 0.15) is 5.76 Å². The molecule has 2 N–H and O–H groups in total. The van der Waals surface area contributed by atoms with E-state index >= 15 is 0 Å². The molecule has 1 heterocycles. The van der Waals surface area contributed by atoms with E-state index in [1.807, 2.05) is 13.0 Å². The second-order valence-electron chi connectivity index (χ2n) is 6.57. The largest absolute Gasteiger partial charge is 0.503 e. The molecule has 0 radical (unpaired) electrons. The van der Waals surface area contributed by atoms with E-state index in [1.54, 1.807) is 7.11 Å². The molecule has 0 spiro atoms. The second kappa shape index (κ2) is 6.36. The maximum absolute atomic E-state index is 10.3. The first kappa shape index (κ1) is 16.1. The van der Waals surface area contributed by atoms with Gasteiger partial charge in [0.25, 0.3) is 5.72 Å². The highest BCUT2D eigenvalue weighted by molar-refractivity contribution is 5.81. The standard InChI is InChI=1S/C19H25NO3/c1-13-8-4-6-10-15(13)19(2)20-16(18(21)23-19)12-14-9-5-7-11-17(14)22-3/h7-8,10-11,16,20H,4-6,9,12H2,1-3H3/p+1. The van der Waals surface area contributed by atoms with E-state index in [9.17, 15) is 4.79 Å². The minimum atomic E-state index is -0.659. The summed E-state index contributed by atoms with van der Waals surface area (Å²) in [6, 6.07) is -0.206. The third-order valence-electron chi connectivity index (χ3n) is 4.86. The molecule has 4 nitrogen and oxygen atoms in total. The first-order valence-electron chi connectivity index (χ1n) is 8.36. The highest BCUT2D eigenvalue weighted by Gasteiger charge is 2.53. The SMILES string of the molecule is COC1=C(CC2NC(C)(C3=CCCC=C3C)OC2=[OH+])CCC=C1. The van der Waals surface area contributed by atoms with Gasteiger partial charge in [0, 0.05) is 18.9 Å². The van der Waals surface area contributed by atoms with Gasteiger partial charge in [-0.25, -0.2) is 5.32 Å². The number of ether oxygens (including phenoxy) is 2. The van der Waals surface area contributed by atoms with E-state index in [2.05, 4.69) is 30.5 Å². The molecule has 124 valence electrons. The fourth-order valence-corrected chi connectivity index (χ4v) is 3.69. The van der Waals surface area contributed by atoms with Gasteiger partial charge < -0.3 is 9.53 Å². The zero-order valence-electron chi connectivity index (χ0n) is 14.2. The molecule has 0 aromatic rings. The summed E-state index contributed by atoms with van der Waals surface area (Å²) in [5.74, 6) is 0.983. The number of rotatable bonds is 4. The molecular formula is C19H26NO3+. The molecule has 1 fully saturated rings. The van der Waals surface area contributed by atoms with Crippen LogP contribution in [0.5, 0.6) is 0 Å². The van der Waals surface area contributed by atoms with Crippen LogP contribution in [0.2, 0.25) is 0 Å². The molecule has 0 bridgehead atoms. The quantitative estimate of drug-likeness (QED) is 0.638. The zero-order valence-corrected chi connectivity index (χ0v) is 14.2. The van der Waals surface area contributed by atoms with E-state index in [0.717, 1.165) is 37.0 Å². The minimum absolute atomic E-state index is 0.0734. The third kappa shape index (κ3) is 3.13. The molecule has 0 saturated carbocycles. The first-order valence-corrected chi connectivity index (χ1v) is 8.36.